The molecule has 0 spiro atoms. The normalized spacial score (nSPS) is 10.4. The van der Waals surface area contributed by atoms with Crippen LogP contribution in [0.15, 0.2) is 24.4 Å². The van der Waals surface area contributed by atoms with E-state index in [0.29, 0.717) is 24.5 Å². The molecule has 2 rings (SSSR count). The number of aliphatic carboxylic acids is 1. The van der Waals surface area contributed by atoms with Crippen LogP contribution in [0.1, 0.15) is 18.2 Å². The van der Waals surface area contributed by atoms with Crippen molar-refractivity contribution in [2.45, 2.75) is 19.8 Å². The van der Waals surface area contributed by atoms with Crippen molar-refractivity contribution < 1.29 is 19.4 Å². The first-order valence-electron chi connectivity index (χ1n) is 6.61. The van der Waals surface area contributed by atoms with E-state index in [1.807, 2.05) is 25.1 Å². The second-order valence-corrected chi connectivity index (χ2v) is 5.44. The Morgan fingerprint density at radius 3 is 2.86 bits per heavy atom. The maximum absolute atomic E-state index is 10.6. The summed E-state index contributed by atoms with van der Waals surface area (Å²) < 4.78 is 10.8. The Morgan fingerprint density at radius 1 is 1.38 bits per heavy atom. The molecule has 0 fully saturated rings. The molecule has 2 aromatic rings. The predicted molar refractivity (Wildman–Crippen MR) is 81.2 cm³/mol. The molecule has 1 aromatic heterocycles. The average Bonchev–Trinajstić information content (AvgIpc) is 2.94. The van der Waals surface area contributed by atoms with Crippen molar-refractivity contribution in [1.29, 1.82) is 0 Å². The predicted octanol–water partition coefficient (Wildman–Crippen LogP) is 3.23. The lowest BCUT2D eigenvalue weighted by atomic mass is 10.2. The maximum atomic E-state index is 10.6. The van der Waals surface area contributed by atoms with Crippen LogP contribution < -0.4 is 9.47 Å². The molecule has 0 atom stereocenters. The van der Waals surface area contributed by atoms with Gasteiger partial charge in [0.2, 0.25) is 0 Å². The molecule has 0 amide bonds. The number of carboxylic acid groups (broad SMARTS) is 1. The first-order chi connectivity index (χ1) is 10.1. The molecular formula is C15H17NO4S. The molecule has 0 radical (unpaired) electrons. The van der Waals surface area contributed by atoms with Gasteiger partial charge < -0.3 is 14.6 Å². The van der Waals surface area contributed by atoms with Crippen LogP contribution in [-0.4, -0.2) is 29.8 Å². The van der Waals surface area contributed by atoms with E-state index in [1.165, 1.54) is 11.3 Å². The Labute approximate surface area is 127 Å². The fourth-order valence-corrected chi connectivity index (χ4v) is 2.77. The Hall–Kier alpha value is -2.08. The monoisotopic (exact) mass is 307 g/mol. The van der Waals surface area contributed by atoms with Crippen LogP contribution in [0.25, 0.3) is 10.6 Å². The number of aromatic nitrogens is 1. The molecule has 6 heteroatoms. The molecule has 0 aliphatic carbocycles. The van der Waals surface area contributed by atoms with Crippen molar-refractivity contribution in [3.8, 4) is 22.1 Å². The third kappa shape index (κ3) is 3.95. The third-order valence-electron chi connectivity index (χ3n) is 2.85. The van der Waals surface area contributed by atoms with E-state index < -0.39 is 5.97 Å². The van der Waals surface area contributed by atoms with E-state index >= 15 is 0 Å². The van der Waals surface area contributed by atoms with Gasteiger partial charge in [0.25, 0.3) is 0 Å². The molecule has 1 aromatic carbocycles. The van der Waals surface area contributed by atoms with Gasteiger partial charge in [-0.2, -0.15) is 0 Å². The van der Waals surface area contributed by atoms with Crippen molar-refractivity contribution >= 4 is 17.3 Å². The highest BCUT2D eigenvalue weighted by molar-refractivity contribution is 7.15. The molecule has 1 heterocycles. The van der Waals surface area contributed by atoms with Gasteiger partial charge in [-0.25, -0.2) is 4.98 Å². The number of thiazole rings is 1. The highest BCUT2D eigenvalue weighted by atomic mass is 32.1. The van der Waals surface area contributed by atoms with Crippen LogP contribution in [0.4, 0.5) is 0 Å². The Morgan fingerprint density at radius 2 is 2.19 bits per heavy atom. The van der Waals surface area contributed by atoms with Crippen molar-refractivity contribution in [1.82, 2.24) is 4.98 Å². The summed E-state index contributed by atoms with van der Waals surface area (Å²) in [6.07, 6.45) is 2.35. The second-order valence-electron chi connectivity index (χ2n) is 4.32. The SMILES string of the molecule is CCOc1ccc(-c2ncc(CCC(=O)O)s2)cc1OC. The minimum atomic E-state index is -0.798. The molecule has 0 aliphatic heterocycles. The van der Waals surface area contributed by atoms with Crippen LogP contribution in [0.5, 0.6) is 11.5 Å². The van der Waals surface area contributed by atoms with Crippen LogP contribution in [0, 0.1) is 0 Å². The molecule has 21 heavy (non-hydrogen) atoms. The van der Waals surface area contributed by atoms with Gasteiger partial charge in [0, 0.05) is 16.6 Å². The lowest BCUT2D eigenvalue weighted by molar-refractivity contribution is -0.136. The summed E-state index contributed by atoms with van der Waals surface area (Å²) in [5.74, 6) is 0.565. The standard InChI is InChI=1S/C15H17NO4S/c1-3-20-12-6-4-10(8-13(12)19-2)15-16-9-11(21-15)5-7-14(17)18/h4,6,8-9H,3,5,7H2,1-2H3,(H,17,18). The number of nitrogens with zero attached hydrogens (tertiary/aromatic N) is 1. The Bertz CT molecular complexity index is 624. The molecule has 0 unspecified atom stereocenters. The molecule has 0 saturated carbocycles. The lowest BCUT2D eigenvalue weighted by Crippen LogP contribution is -1.95. The summed E-state index contributed by atoms with van der Waals surface area (Å²) in [5, 5.41) is 9.55. The number of ether oxygens (including phenoxy) is 2. The van der Waals surface area contributed by atoms with Crippen LogP contribution in [0.2, 0.25) is 0 Å². The summed E-state index contributed by atoms with van der Waals surface area (Å²) in [6, 6.07) is 5.66. The summed E-state index contributed by atoms with van der Waals surface area (Å²) >= 11 is 1.50. The zero-order chi connectivity index (χ0) is 15.2. The Kier molecular flexibility index (Phi) is 5.16. The lowest BCUT2D eigenvalue weighted by Gasteiger charge is -2.09. The van der Waals surface area contributed by atoms with E-state index in [9.17, 15) is 4.79 Å². The summed E-state index contributed by atoms with van der Waals surface area (Å²) in [4.78, 5) is 15.9. The topological polar surface area (TPSA) is 68.7 Å². The number of benzene rings is 1. The summed E-state index contributed by atoms with van der Waals surface area (Å²) in [5.41, 5.74) is 0.932. The van der Waals surface area contributed by atoms with E-state index in [0.717, 1.165) is 15.4 Å². The van der Waals surface area contributed by atoms with E-state index in [4.69, 9.17) is 14.6 Å². The van der Waals surface area contributed by atoms with Crippen molar-refractivity contribution in [2.75, 3.05) is 13.7 Å². The fraction of sp³-hybridized carbons (Fsp3) is 0.333. The molecule has 0 aliphatic rings. The molecular weight excluding hydrogens is 290 g/mol. The van der Waals surface area contributed by atoms with Crippen LogP contribution in [-0.2, 0) is 11.2 Å². The van der Waals surface area contributed by atoms with Crippen molar-refractivity contribution in [2.24, 2.45) is 0 Å². The highest BCUT2D eigenvalue weighted by Gasteiger charge is 2.10. The minimum absolute atomic E-state index is 0.119. The number of hydrogen-bond donors (Lipinski definition) is 1. The number of carboxylic acids is 1. The second kappa shape index (κ2) is 7.08. The number of hydrogen-bond acceptors (Lipinski definition) is 5. The van der Waals surface area contributed by atoms with Crippen molar-refractivity contribution in [3.63, 3.8) is 0 Å². The minimum Gasteiger partial charge on any atom is -0.493 e. The third-order valence-corrected chi connectivity index (χ3v) is 3.96. The van der Waals surface area contributed by atoms with E-state index in [2.05, 4.69) is 4.98 Å². The number of methoxy groups -OCH3 is 1. The number of aryl methyl sites for hydroxylation is 1. The molecule has 0 saturated heterocycles. The fourth-order valence-electron chi connectivity index (χ4n) is 1.86. The molecule has 112 valence electrons. The van der Waals surface area contributed by atoms with Gasteiger partial charge >= 0.3 is 5.97 Å². The van der Waals surface area contributed by atoms with E-state index in [-0.39, 0.29) is 6.42 Å². The number of rotatable bonds is 7. The van der Waals surface area contributed by atoms with Crippen LogP contribution in [0.3, 0.4) is 0 Å². The first kappa shape index (κ1) is 15.3. The van der Waals surface area contributed by atoms with Gasteiger partial charge in [-0.1, -0.05) is 0 Å². The number of carbonyl (C=O) groups is 1. The molecule has 1 N–H and O–H groups in total. The van der Waals surface area contributed by atoms with Gasteiger partial charge in [0.15, 0.2) is 11.5 Å². The van der Waals surface area contributed by atoms with Gasteiger partial charge in [-0.3, -0.25) is 4.79 Å². The molecule has 5 nitrogen and oxygen atoms in total. The van der Waals surface area contributed by atoms with E-state index in [1.54, 1.807) is 13.3 Å². The first-order valence-corrected chi connectivity index (χ1v) is 7.43. The largest absolute Gasteiger partial charge is 0.493 e. The van der Waals surface area contributed by atoms with Gasteiger partial charge in [0.1, 0.15) is 5.01 Å². The Balaban J connectivity index is 2.19. The highest BCUT2D eigenvalue weighted by Crippen LogP contribution is 2.34. The van der Waals surface area contributed by atoms with Crippen LogP contribution >= 0.6 is 11.3 Å². The maximum Gasteiger partial charge on any atom is 0.303 e. The van der Waals surface area contributed by atoms with Gasteiger partial charge in [-0.15, -0.1) is 11.3 Å². The molecule has 0 bridgehead atoms. The summed E-state index contributed by atoms with van der Waals surface area (Å²) in [7, 11) is 1.60. The quantitative estimate of drug-likeness (QED) is 0.850. The zero-order valence-corrected chi connectivity index (χ0v) is 12.8. The summed E-state index contributed by atoms with van der Waals surface area (Å²) in [6.45, 7) is 2.50. The van der Waals surface area contributed by atoms with Crippen molar-refractivity contribution in [3.05, 3.63) is 29.3 Å². The zero-order valence-electron chi connectivity index (χ0n) is 12.0. The smallest absolute Gasteiger partial charge is 0.303 e. The van der Waals surface area contributed by atoms with Gasteiger partial charge in [0.05, 0.1) is 20.1 Å². The van der Waals surface area contributed by atoms with Gasteiger partial charge in [-0.05, 0) is 31.5 Å². The average molecular weight is 307 g/mol.